The van der Waals surface area contributed by atoms with Crippen LogP contribution in [0, 0.1) is 0 Å². The van der Waals surface area contributed by atoms with E-state index in [4.69, 9.17) is 46.9 Å². The molecule has 1 aromatic heterocycles. The number of anilines is 1. The van der Waals surface area contributed by atoms with E-state index >= 15 is 0 Å². The van der Waals surface area contributed by atoms with Gasteiger partial charge in [-0.05, 0) is 6.07 Å². The summed E-state index contributed by atoms with van der Waals surface area (Å²) in [7, 11) is -4.55. The third-order valence-corrected chi connectivity index (χ3v) is 8.74. The fourth-order valence-corrected chi connectivity index (χ4v) is 6.92. The van der Waals surface area contributed by atoms with Crippen molar-refractivity contribution in [1.82, 2.24) is 9.55 Å². The number of aromatic nitrogens is 2. The highest BCUT2D eigenvalue weighted by Crippen LogP contribution is 2.53. The monoisotopic (exact) mass is 807 g/mol. The van der Waals surface area contributed by atoms with Crippen molar-refractivity contribution in [3.63, 3.8) is 0 Å². The second-order valence-corrected chi connectivity index (χ2v) is 13.5. The van der Waals surface area contributed by atoms with Gasteiger partial charge in [0.05, 0.1) is 20.3 Å². The van der Waals surface area contributed by atoms with Gasteiger partial charge in [0.15, 0.2) is 30.1 Å². The van der Waals surface area contributed by atoms with Crippen LogP contribution in [0.5, 0.6) is 0 Å². The lowest BCUT2D eigenvalue weighted by atomic mass is 9.79. The maximum absolute atomic E-state index is 13.7. The predicted octanol–water partition coefficient (Wildman–Crippen LogP) is -0.387. The summed E-state index contributed by atoms with van der Waals surface area (Å²) in [5.74, 6) is -6.14. The summed E-state index contributed by atoms with van der Waals surface area (Å²) in [6, 6.07) is 1.22. The summed E-state index contributed by atoms with van der Waals surface area (Å²) in [5.41, 5.74) is -3.51. The highest BCUT2D eigenvalue weighted by atomic mass is 31.2. The van der Waals surface area contributed by atoms with E-state index in [-0.39, 0.29) is 19.0 Å². The van der Waals surface area contributed by atoms with E-state index in [0.717, 1.165) is 52.5 Å². The van der Waals surface area contributed by atoms with Crippen LogP contribution in [0.25, 0.3) is 0 Å². The zero-order valence-corrected chi connectivity index (χ0v) is 31.7. The molecule has 2 fully saturated rings. The molecule has 1 amide bonds. The Kier molecular flexibility index (Phi) is 15.6. The summed E-state index contributed by atoms with van der Waals surface area (Å²) >= 11 is 0. The normalized spacial score (nSPS) is 27.1. The average molecular weight is 808 g/mol. The van der Waals surface area contributed by atoms with E-state index in [1.807, 2.05) is 0 Å². The van der Waals surface area contributed by atoms with Crippen LogP contribution in [0.2, 0.25) is 0 Å². The molecule has 1 unspecified atom stereocenters. The Morgan fingerprint density at radius 1 is 0.873 bits per heavy atom. The number of ether oxygens (including phenoxy) is 8. The lowest BCUT2D eigenvalue weighted by Crippen LogP contribution is -2.60. The fraction of sp³-hybridized carbons (Fsp3) is 0.645. The van der Waals surface area contributed by atoms with Crippen LogP contribution in [0.15, 0.2) is 17.1 Å². The van der Waals surface area contributed by atoms with Crippen molar-refractivity contribution >= 4 is 55.4 Å². The molecule has 1 aliphatic heterocycles. The number of carbonyl (C=O) groups is 7. The standard InChI is InChI=1S/C31H42N3O20P/c1-15(35)32-24-8-9-34(30(42)33-24)28-27(52-20(6)40)26(51-19(5)39)23(53-28)14-48-55(43,44)54-31(29(41)45-7)12-21(47-11-10-46-16(2)36)25(50-18(4)38)22(13-31)49-17(3)37/h8-9,21-23,25-28H,10-14H2,1-7H3,(H,43,44)(H,32,33,35,42)/t21-,22-,23-,25+,26-,27-,28-,31-/m1/s1. The first-order valence-electron chi connectivity index (χ1n) is 16.4. The SMILES string of the molecule is COC(=O)[C@@]1(OP(=O)(O)OC[C@H]2O[C@@H](n3ccc(NC(C)=O)nc3=O)[C@H](OC(C)=O)[C@@H]2OC(C)=O)C[C@@H](OCCOC(C)=O)[C@H](OC(C)=O)[C@H](OC(C)=O)C1. The smallest absolute Gasteiger partial charge is 0.467 e. The van der Waals surface area contributed by atoms with Crippen LogP contribution < -0.4 is 11.0 Å². The first-order valence-corrected chi connectivity index (χ1v) is 17.9. The first kappa shape index (κ1) is 44.6. The number of hydrogen-bond acceptors (Lipinski definition) is 20. The number of nitrogens with one attached hydrogen (secondary N) is 1. The number of carbonyl (C=O) groups excluding carboxylic acids is 7. The van der Waals surface area contributed by atoms with E-state index in [2.05, 4.69) is 10.3 Å². The second kappa shape index (κ2) is 19.2. The first-order chi connectivity index (χ1) is 25.7. The van der Waals surface area contributed by atoms with Crippen molar-refractivity contribution in [2.24, 2.45) is 0 Å². The molecule has 0 spiro atoms. The molecule has 1 saturated carbocycles. The molecule has 3 rings (SSSR count). The molecule has 55 heavy (non-hydrogen) atoms. The van der Waals surface area contributed by atoms with Crippen LogP contribution in [0.4, 0.5) is 5.82 Å². The van der Waals surface area contributed by atoms with Gasteiger partial charge < -0.3 is 48.1 Å². The summed E-state index contributed by atoms with van der Waals surface area (Å²) in [6.45, 7) is 4.78. The molecule has 9 atom stereocenters. The zero-order chi connectivity index (χ0) is 41.2. The molecule has 23 nitrogen and oxygen atoms in total. The Bertz CT molecular complexity index is 1730. The Balaban J connectivity index is 1.97. The molecular weight excluding hydrogens is 765 g/mol. The van der Waals surface area contributed by atoms with Crippen LogP contribution in [0.3, 0.4) is 0 Å². The van der Waals surface area contributed by atoms with Gasteiger partial charge in [-0.15, -0.1) is 0 Å². The summed E-state index contributed by atoms with van der Waals surface area (Å²) in [6.07, 6.45) is -10.9. The Morgan fingerprint density at radius 2 is 1.45 bits per heavy atom. The van der Waals surface area contributed by atoms with Crippen molar-refractivity contribution in [2.45, 2.75) is 103 Å². The maximum atomic E-state index is 13.7. The van der Waals surface area contributed by atoms with Crippen molar-refractivity contribution in [1.29, 1.82) is 0 Å². The molecule has 0 bridgehead atoms. The fourth-order valence-electron chi connectivity index (χ4n) is 5.86. The van der Waals surface area contributed by atoms with Crippen LogP contribution in [-0.2, 0) is 85.1 Å². The van der Waals surface area contributed by atoms with Gasteiger partial charge in [-0.25, -0.2) is 14.2 Å². The predicted molar refractivity (Wildman–Crippen MR) is 176 cm³/mol. The zero-order valence-electron chi connectivity index (χ0n) is 30.8. The van der Waals surface area contributed by atoms with E-state index in [1.165, 1.54) is 13.0 Å². The quantitative estimate of drug-likeness (QED) is 0.0930. The second-order valence-electron chi connectivity index (χ2n) is 12.1. The highest BCUT2D eigenvalue weighted by molar-refractivity contribution is 7.47. The number of phosphoric acid groups is 1. The molecule has 1 aromatic rings. The molecule has 306 valence electrons. The van der Waals surface area contributed by atoms with Gasteiger partial charge in [-0.3, -0.25) is 42.4 Å². The van der Waals surface area contributed by atoms with E-state index in [0.29, 0.717) is 0 Å². The summed E-state index contributed by atoms with van der Waals surface area (Å²) in [5, 5.41) is 2.32. The van der Waals surface area contributed by atoms with Gasteiger partial charge >= 0.3 is 49.3 Å². The highest BCUT2D eigenvalue weighted by Gasteiger charge is 2.59. The number of amides is 1. The molecule has 2 N–H and O–H groups in total. The van der Waals surface area contributed by atoms with Gasteiger partial charge in [-0.2, -0.15) is 4.98 Å². The molecule has 0 radical (unpaired) electrons. The van der Waals surface area contributed by atoms with E-state index in [9.17, 15) is 47.8 Å². The molecule has 1 saturated heterocycles. The van der Waals surface area contributed by atoms with E-state index < -0.39 is 123 Å². The third-order valence-electron chi connectivity index (χ3n) is 7.68. The van der Waals surface area contributed by atoms with Crippen molar-refractivity contribution in [3.05, 3.63) is 22.7 Å². The van der Waals surface area contributed by atoms with Gasteiger partial charge in [0.25, 0.3) is 0 Å². The van der Waals surface area contributed by atoms with Crippen LogP contribution in [0.1, 0.15) is 60.6 Å². The molecule has 2 heterocycles. The van der Waals surface area contributed by atoms with E-state index in [1.54, 1.807) is 0 Å². The van der Waals surface area contributed by atoms with Gasteiger partial charge in [0.1, 0.15) is 30.7 Å². The Labute approximate surface area is 312 Å². The van der Waals surface area contributed by atoms with Crippen molar-refractivity contribution in [2.75, 3.05) is 32.2 Å². The van der Waals surface area contributed by atoms with Crippen LogP contribution in [-0.4, -0.2) is 125 Å². The van der Waals surface area contributed by atoms with Gasteiger partial charge in [-0.1, -0.05) is 0 Å². The van der Waals surface area contributed by atoms with Crippen LogP contribution >= 0.6 is 7.82 Å². The van der Waals surface area contributed by atoms with Gasteiger partial charge in [0.2, 0.25) is 5.91 Å². The molecule has 24 heteroatoms. The molecule has 0 aromatic carbocycles. The Morgan fingerprint density at radius 3 is 2.00 bits per heavy atom. The number of hydrogen-bond donors (Lipinski definition) is 2. The minimum Gasteiger partial charge on any atom is -0.467 e. The number of nitrogens with zero attached hydrogens (tertiary/aromatic N) is 2. The summed E-state index contributed by atoms with van der Waals surface area (Å²) < 4.78 is 67.9. The van der Waals surface area contributed by atoms with Crippen molar-refractivity contribution in [3.8, 4) is 0 Å². The van der Waals surface area contributed by atoms with Crippen molar-refractivity contribution < 1.29 is 90.0 Å². The third kappa shape index (κ3) is 12.6. The average Bonchev–Trinajstić information content (AvgIpc) is 3.37. The molecule has 2 aliphatic rings. The minimum absolute atomic E-state index is 0.125. The summed E-state index contributed by atoms with van der Waals surface area (Å²) in [4.78, 5) is 112. The lowest BCUT2D eigenvalue weighted by Gasteiger charge is -2.45. The number of esters is 6. The van der Waals surface area contributed by atoms with Gasteiger partial charge in [0, 0.05) is 60.6 Å². The number of rotatable bonds is 16. The maximum Gasteiger partial charge on any atom is 0.473 e. The Hall–Kier alpha value is -4.80. The largest absolute Gasteiger partial charge is 0.473 e. The molecule has 1 aliphatic carbocycles. The molecular formula is C31H42N3O20P. The number of methoxy groups -OCH3 is 1. The topological polar surface area (TPSA) is 296 Å². The minimum atomic E-state index is -5.48. The lowest BCUT2D eigenvalue weighted by molar-refractivity contribution is -0.213. The number of phosphoric ester groups is 1.